The Morgan fingerprint density at radius 2 is 2.03 bits per heavy atom. The van der Waals surface area contributed by atoms with Gasteiger partial charge in [0.15, 0.2) is 0 Å². The average molecular weight is 408 g/mol. The first-order chi connectivity index (χ1) is 14.2. The molecule has 0 radical (unpaired) electrons. The van der Waals surface area contributed by atoms with Gasteiger partial charge in [0.1, 0.15) is 22.7 Å². The molecular weight excluding hydrogens is 390 g/mol. The summed E-state index contributed by atoms with van der Waals surface area (Å²) in [5.41, 5.74) is 2.31. The summed E-state index contributed by atoms with van der Waals surface area (Å²) in [6.07, 6.45) is 9.65. The summed E-state index contributed by atoms with van der Waals surface area (Å²) in [4.78, 5) is 17.4. The van der Waals surface area contributed by atoms with Gasteiger partial charge in [0, 0.05) is 12.1 Å². The van der Waals surface area contributed by atoms with Crippen LogP contribution in [0, 0.1) is 5.92 Å². The molecule has 1 amide bonds. The normalized spacial score (nSPS) is 22.6. The fraction of sp³-hybridized carbons (Fsp3) is 0.227. The number of furan rings is 2. The second-order valence-corrected chi connectivity index (χ2v) is 7.48. The number of fused-ring (bicyclic) bond motifs is 1. The van der Waals surface area contributed by atoms with Gasteiger partial charge in [0.25, 0.3) is 5.91 Å². The van der Waals surface area contributed by atoms with Crippen molar-refractivity contribution in [1.82, 2.24) is 9.99 Å². The molecule has 0 spiro atoms. The van der Waals surface area contributed by atoms with E-state index in [4.69, 9.17) is 25.5 Å². The predicted octanol–water partition coefficient (Wildman–Crippen LogP) is 5.36. The van der Waals surface area contributed by atoms with Crippen LogP contribution in [-0.2, 0) is 0 Å². The van der Waals surface area contributed by atoms with E-state index in [9.17, 15) is 4.79 Å². The lowest BCUT2D eigenvalue weighted by atomic mass is 9.79. The molecule has 6 nitrogen and oxygen atoms in total. The van der Waals surface area contributed by atoms with Crippen LogP contribution >= 0.6 is 11.6 Å². The molecule has 1 aliphatic carbocycles. The fourth-order valence-electron chi connectivity index (χ4n) is 4.12. The highest BCUT2D eigenvalue weighted by molar-refractivity contribution is 6.32. The summed E-state index contributed by atoms with van der Waals surface area (Å²) in [5.74, 6) is 1.25. The third kappa shape index (κ3) is 3.19. The van der Waals surface area contributed by atoms with Crippen LogP contribution in [0.5, 0.6) is 0 Å². The van der Waals surface area contributed by atoms with E-state index >= 15 is 0 Å². The van der Waals surface area contributed by atoms with Crippen LogP contribution in [0.15, 0.2) is 74.6 Å². The van der Waals surface area contributed by atoms with Gasteiger partial charge in [0.05, 0.1) is 23.8 Å². The van der Waals surface area contributed by atoms with Gasteiger partial charge in [-0.3, -0.25) is 4.79 Å². The third-order valence-corrected chi connectivity index (χ3v) is 5.69. The molecule has 0 N–H and O–H groups in total. The maximum Gasteiger partial charge on any atom is 0.277 e. The number of nitrogens with zero attached hydrogens (tertiary/aromatic N) is 3. The molecule has 29 heavy (non-hydrogen) atoms. The van der Waals surface area contributed by atoms with Gasteiger partial charge in [-0.1, -0.05) is 11.6 Å². The van der Waals surface area contributed by atoms with Crippen LogP contribution in [0.2, 0.25) is 5.15 Å². The second kappa shape index (κ2) is 7.37. The van der Waals surface area contributed by atoms with Gasteiger partial charge in [-0.15, -0.1) is 0 Å². The highest BCUT2D eigenvalue weighted by Gasteiger charge is 2.45. The van der Waals surface area contributed by atoms with E-state index in [2.05, 4.69) is 4.98 Å². The van der Waals surface area contributed by atoms with Crippen molar-refractivity contribution in [3.63, 3.8) is 0 Å². The number of hydrogen-bond donors (Lipinski definition) is 0. The van der Waals surface area contributed by atoms with Gasteiger partial charge in [-0.2, -0.15) is 5.10 Å². The monoisotopic (exact) mass is 407 g/mol. The van der Waals surface area contributed by atoms with Gasteiger partial charge in [0.2, 0.25) is 0 Å². The standard InChI is InChI=1S/C22H18ClN3O3/c23-21-17(8-2-10-24-21)22(27)26-20(18-9-4-12-29-18)16-7-1-5-14(19(16)25-26)13-15-6-3-11-28-15/h2-4,6,8-13,16,20H,1,5,7H2/b14-13+/t16-,20+/m0/s1. The Bertz CT molecular complexity index is 1090. The van der Waals surface area contributed by atoms with Gasteiger partial charge < -0.3 is 8.83 Å². The quantitative estimate of drug-likeness (QED) is 0.548. The van der Waals surface area contributed by atoms with Crippen LogP contribution in [0.3, 0.4) is 0 Å². The molecule has 146 valence electrons. The van der Waals surface area contributed by atoms with E-state index in [-0.39, 0.29) is 23.0 Å². The molecule has 1 saturated carbocycles. The summed E-state index contributed by atoms with van der Waals surface area (Å²) in [6, 6.07) is 10.5. The highest BCUT2D eigenvalue weighted by Crippen LogP contribution is 2.45. The number of amides is 1. The zero-order chi connectivity index (χ0) is 19.8. The molecule has 3 aromatic rings. The molecule has 3 aromatic heterocycles. The molecular formula is C22H18ClN3O3. The van der Waals surface area contributed by atoms with E-state index in [1.807, 2.05) is 30.3 Å². The van der Waals surface area contributed by atoms with Crippen molar-refractivity contribution in [2.75, 3.05) is 0 Å². The molecule has 5 rings (SSSR count). The maximum atomic E-state index is 13.4. The fourth-order valence-corrected chi connectivity index (χ4v) is 4.32. The van der Waals surface area contributed by atoms with Crippen LogP contribution in [0.25, 0.3) is 6.08 Å². The Morgan fingerprint density at radius 3 is 2.79 bits per heavy atom. The number of carbonyl (C=O) groups excluding carboxylic acids is 1. The van der Waals surface area contributed by atoms with Crippen molar-refractivity contribution in [1.29, 1.82) is 0 Å². The molecule has 4 heterocycles. The molecule has 7 heteroatoms. The van der Waals surface area contributed by atoms with Crippen LogP contribution in [0.1, 0.15) is 47.2 Å². The molecule has 0 bridgehead atoms. The molecule has 1 fully saturated rings. The van der Waals surface area contributed by atoms with E-state index in [0.29, 0.717) is 11.3 Å². The second-order valence-electron chi connectivity index (χ2n) is 7.12. The zero-order valence-electron chi connectivity index (χ0n) is 15.5. The number of allylic oxidation sites excluding steroid dienone is 1. The predicted molar refractivity (Wildman–Crippen MR) is 108 cm³/mol. The van der Waals surface area contributed by atoms with Crippen molar-refractivity contribution in [3.8, 4) is 0 Å². The Morgan fingerprint density at radius 1 is 1.17 bits per heavy atom. The number of aromatic nitrogens is 1. The first kappa shape index (κ1) is 17.9. The minimum Gasteiger partial charge on any atom is -0.467 e. The van der Waals surface area contributed by atoms with E-state index < -0.39 is 0 Å². The van der Waals surface area contributed by atoms with E-state index in [1.54, 1.807) is 30.9 Å². The van der Waals surface area contributed by atoms with Gasteiger partial charge in [-0.25, -0.2) is 9.99 Å². The van der Waals surface area contributed by atoms with Crippen molar-refractivity contribution in [2.24, 2.45) is 11.0 Å². The Kier molecular flexibility index (Phi) is 4.56. The summed E-state index contributed by atoms with van der Waals surface area (Å²) < 4.78 is 11.2. The topological polar surface area (TPSA) is 71.8 Å². The molecule has 1 aliphatic heterocycles. The summed E-state index contributed by atoms with van der Waals surface area (Å²) >= 11 is 6.19. The van der Waals surface area contributed by atoms with Crippen molar-refractivity contribution >= 4 is 29.3 Å². The average Bonchev–Trinajstić information content (AvgIpc) is 3.48. The minimum absolute atomic E-state index is 0.0514. The maximum absolute atomic E-state index is 13.4. The highest BCUT2D eigenvalue weighted by atomic mass is 35.5. The molecule has 2 atom stereocenters. The van der Waals surface area contributed by atoms with Crippen molar-refractivity contribution < 1.29 is 13.6 Å². The number of pyridine rings is 1. The molecule has 0 saturated heterocycles. The van der Waals surface area contributed by atoms with Gasteiger partial charge in [-0.05, 0) is 67.3 Å². The first-order valence-electron chi connectivity index (χ1n) is 9.53. The SMILES string of the molecule is O=C(c1cccnc1Cl)N1N=C2/C(=C/c3ccco3)CCC[C@@H]2[C@@H]1c1ccco1. The van der Waals surface area contributed by atoms with Crippen LogP contribution < -0.4 is 0 Å². The summed E-state index contributed by atoms with van der Waals surface area (Å²) in [7, 11) is 0. The van der Waals surface area contributed by atoms with Crippen molar-refractivity contribution in [3.05, 3.63) is 82.9 Å². The Hall–Kier alpha value is -3.12. The molecule has 0 aromatic carbocycles. The Balaban J connectivity index is 1.59. The molecule has 2 aliphatic rings. The van der Waals surface area contributed by atoms with Crippen LogP contribution in [0.4, 0.5) is 0 Å². The van der Waals surface area contributed by atoms with Gasteiger partial charge >= 0.3 is 0 Å². The van der Waals surface area contributed by atoms with E-state index in [0.717, 1.165) is 36.3 Å². The summed E-state index contributed by atoms with van der Waals surface area (Å²) in [5, 5.41) is 6.44. The van der Waals surface area contributed by atoms with Crippen molar-refractivity contribution in [2.45, 2.75) is 25.3 Å². The zero-order valence-corrected chi connectivity index (χ0v) is 16.2. The largest absolute Gasteiger partial charge is 0.467 e. The Labute approximate surface area is 172 Å². The number of carbonyl (C=O) groups is 1. The number of rotatable bonds is 3. The summed E-state index contributed by atoms with van der Waals surface area (Å²) in [6.45, 7) is 0. The first-order valence-corrected chi connectivity index (χ1v) is 9.90. The van der Waals surface area contributed by atoms with Crippen LogP contribution in [-0.4, -0.2) is 21.6 Å². The minimum atomic E-state index is -0.316. The third-order valence-electron chi connectivity index (χ3n) is 5.39. The number of halogens is 1. The van der Waals surface area contributed by atoms with E-state index in [1.165, 1.54) is 5.01 Å². The lowest BCUT2D eigenvalue weighted by Crippen LogP contribution is -2.31. The lowest BCUT2D eigenvalue weighted by Gasteiger charge is -2.27. The lowest BCUT2D eigenvalue weighted by molar-refractivity contribution is 0.0656. The molecule has 0 unspecified atom stereocenters. The number of hydrogen-bond acceptors (Lipinski definition) is 5. The number of hydrazone groups is 1. The smallest absolute Gasteiger partial charge is 0.277 e.